The number of hydrogen-bond donors (Lipinski definition) is 1. The van der Waals surface area contributed by atoms with E-state index >= 15 is 0 Å². The van der Waals surface area contributed by atoms with Crippen molar-refractivity contribution < 1.29 is 17.6 Å². The average molecular weight is 208 g/mol. The standard InChI is InChI=1S/C8H8F4N2/c1-13-4-5-2-3-14-7(6(5)9)8(10,11)12/h2-3,13H,4H2,1H3. The minimum Gasteiger partial charge on any atom is -0.316 e. The number of rotatable bonds is 2. The molecule has 14 heavy (non-hydrogen) atoms. The van der Waals surface area contributed by atoms with Crippen LogP contribution in [0.25, 0.3) is 0 Å². The molecule has 0 fully saturated rings. The normalized spacial score (nSPS) is 11.8. The molecule has 0 saturated carbocycles. The molecule has 1 rings (SSSR count). The molecule has 0 atom stereocenters. The van der Waals surface area contributed by atoms with Crippen molar-refractivity contribution in [1.29, 1.82) is 0 Å². The van der Waals surface area contributed by atoms with E-state index in [1.807, 2.05) is 0 Å². The van der Waals surface area contributed by atoms with E-state index < -0.39 is 17.7 Å². The lowest BCUT2D eigenvalue weighted by atomic mass is 10.2. The van der Waals surface area contributed by atoms with Gasteiger partial charge in [-0.2, -0.15) is 13.2 Å². The zero-order chi connectivity index (χ0) is 10.8. The van der Waals surface area contributed by atoms with Gasteiger partial charge in [0.15, 0.2) is 11.5 Å². The fourth-order valence-corrected chi connectivity index (χ4v) is 1.01. The number of halogens is 4. The van der Waals surface area contributed by atoms with E-state index in [-0.39, 0.29) is 12.1 Å². The Hall–Kier alpha value is -1.17. The molecule has 0 aliphatic rings. The first-order valence-corrected chi connectivity index (χ1v) is 3.82. The van der Waals surface area contributed by atoms with Crippen LogP contribution in [0.2, 0.25) is 0 Å². The molecule has 1 aromatic heterocycles. The number of nitrogens with one attached hydrogen (secondary N) is 1. The fourth-order valence-electron chi connectivity index (χ4n) is 1.01. The summed E-state index contributed by atoms with van der Waals surface area (Å²) in [5.74, 6) is -1.31. The van der Waals surface area contributed by atoms with Crippen LogP contribution in [0.4, 0.5) is 17.6 Å². The van der Waals surface area contributed by atoms with Gasteiger partial charge in [0.25, 0.3) is 0 Å². The number of nitrogens with zero attached hydrogens (tertiary/aromatic N) is 1. The van der Waals surface area contributed by atoms with Gasteiger partial charge in [0, 0.05) is 18.3 Å². The molecule has 0 aliphatic carbocycles. The summed E-state index contributed by atoms with van der Waals surface area (Å²) in [6, 6.07) is 1.21. The van der Waals surface area contributed by atoms with E-state index in [1.165, 1.54) is 13.1 Å². The fraction of sp³-hybridized carbons (Fsp3) is 0.375. The van der Waals surface area contributed by atoms with Gasteiger partial charge in [0.05, 0.1) is 0 Å². The van der Waals surface area contributed by atoms with Crippen molar-refractivity contribution >= 4 is 0 Å². The third-order valence-corrected chi connectivity index (χ3v) is 1.60. The highest BCUT2D eigenvalue weighted by molar-refractivity contribution is 5.21. The molecule has 6 heteroatoms. The Morgan fingerprint density at radius 2 is 2.07 bits per heavy atom. The van der Waals surface area contributed by atoms with Gasteiger partial charge in [0.2, 0.25) is 0 Å². The lowest BCUT2D eigenvalue weighted by molar-refractivity contribution is -0.143. The minimum absolute atomic E-state index is 0.0391. The molecule has 1 aromatic rings. The molecule has 0 aliphatic heterocycles. The maximum Gasteiger partial charge on any atom is 0.436 e. The maximum atomic E-state index is 13.1. The number of hydrogen-bond acceptors (Lipinski definition) is 2. The van der Waals surface area contributed by atoms with Crippen LogP contribution in [0.1, 0.15) is 11.3 Å². The van der Waals surface area contributed by atoms with E-state index in [0.717, 1.165) is 6.20 Å². The Morgan fingerprint density at radius 3 is 2.57 bits per heavy atom. The maximum absolute atomic E-state index is 13.1. The molecule has 0 saturated heterocycles. The van der Waals surface area contributed by atoms with Crippen LogP contribution < -0.4 is 5.32 Å². The Bertz CT molecular complexity index is 322. The van der Waals surface area contributed by atoms with Crippen molar-refractivity contribution in [2.75, 3.05) is 7.05 Å². The Labute approximate surface area is 78.0 Å². The van der Waals surface area contributed by atoms with E-state index in [9.17, 15) is 17.6 Å². The highest BCUT2D eigenvalue weighted by atomic mass is 19.4. The highest BCUT2D eigenvalue weighted by Crippen LogP contribution is 2.30. The largest absolute Gasteiger partial charge is 0.436 e. The van der Waals surface area contributed by atoms with Crippen LogP contribution in [0.5, 0.6) is 0 Å². The second-order valence-corrected chi connectivity index (χ2v) is 2.66. The molecule has 2 nitrogen and oxygen atoms in total. The molecule has 0 radical (unpaired) electrons. The average Bonchev–Trinajstić information content (AvgIpc) is 2.07. The van der Waals surface area contributed by atoms with Gasteiger partial charge in [0.1, 0.15) is 0 Å². The predicted octanol–water partition coefficient (Wildman–Crippen LogP) is 1.96. The second kappa shape index (κ2) is 3.91. The number of aromatic nitrogens is 1. The summed E-state index contributed by atoms with van der Waals surface area (Å²) in [5, 5.41) is 2.57. The zero-order valence-electron chi connectivity index (χ0n) is 7.32. The molecule has 1 heterocycles. The summed E-state index contributed by atoms with van der Waals surface area (Å²) in [4.78, 5) is 2.96. The first kappa shape index (κ1) is 10.9. The summed E-state index contributed by atoms with van der Waals surface area (Å²) in [7, 11) is 1.52. The summed E-state index contributed by atoms with van der Waals surface area (Å²) in [6.45, 7) is 0.0391. The van der Waals surface area contributed by atoms with Gasteiger partial charge in [-0.05, 0) is 13.1 Å². The lowest BCUT2D eigenvalue weighted by Gasteiger charge is -2.09. The zero-order valence-corrected chi connectivity index (χ0v) is 7.32. The van der Waals surface area contributed by atoms with Crippen LogP contribution in [-0.2, 0) is 12.7 Å². The molecule has 1 N–H and O–H groups in total. The van der Waals surface area contributed by atoms with Crippen molar-refractivity contribution in [1.82, 2.24) is 10.3 Å². The van der Waals surface area contributed by atoms with Gasteiger partial charge in [-0.15, -0.1) is 0 Å². The molecule has 0 bridgehead atoms. The highest BCUT2D eigenvalue weighted by Gasteiger charge is 2.36. The van der Waals surface area contributed by atoms with E-state index in [1.54, 1.807) is 0 Å². The Kier molecular flexibility index (Phi) is 3.05. The van der Waals surface area contributed by atoms with Crippen molar-refractivity contribution in [3.63, 3.8) is 0 Å². The molecule has 0 spiro atoms. The first-order chi connectivity index (χ1) is 6.46. The number of alkyl halides is 3. The Balaban J connectivity index is 3.14. The van der Waals surface area contributed by atoms with Gasteiger partial charge in [-0.25, -0.2) is 9.37 Å². The summed E-state index contributed by atoms with van der Waals surface area (Å²) in [5.41, 5.74) is -1.51. The van der Waals surface area contributed by atoms with Gasteiger partial charge >= 0.3 is 6.18 Å². The molecule has 78 valence electrons. The van der Waals surface area contributed by atoms with Gasteiger partial charge < -0.3 is 5.32 Å². The number of pyridine rings is 1. The molecular weight excluding hydrogens is 200 g/mol. The van der Waals surface area contributed by atoms with E-state index in [2.05, 4.69) is 10.3 Å². The van der Waals surface area contributed by atoms with Crippen LogP contribution in [0.3, 0.4) is 0 Å². The van der Waals surface area contributed by atoms with E-state index in [4.69, 9.17) is 0 Å². The third-order valence-electron chi connectivity index (χ3n) is 1.60. The second-order valence-electron chi connectivity index (χ2n) is 2.66. The molecule has 0 amide bonds. The first-order valence-electron chi connectivity index (χ1n) is 3.82. The van der Waals surface area contributed by atoms with Crippen LogP contribution in [0, 0.1) is 5.82 Å². The monoisotopic (exact) mass is 208 g/mol. The van der Waals surface area contributed by atoms with Gasteiger partial charge in [-0.3, -0.25) is 0 Å². The van der Waals surface area contributed by atoms with E-state index in [0.29, 0.717) is 0 Å². The van der Waals surface area contributed by atoms with Crippen LogP contribution in [-0.4, -0.2) is 12.0 Å². The van der Waals surface area contributed by atoms with Crippen LogP contribution in [0.15, 0.2) is 12.3 Å². The van der Waals surface area contributed by atoms with Gasteiger partial charge in [-0.1, -0.05) is 0 Å². The summed E-state index contributed by atoms with van der Waals surface area (Å²) < 4.78 is 49.6. The Morgan fingerprint density at radius 1 is 1.43 bits per heavy atom. The van der Waals surface area contributed by atoms with Crippen LogP contribution >= 0.6 is 0 Å². The summed E-state index contributed by atoms with van der Waals surface area (Å²) >= 11 is 0. The minimum atomic E-state index is -4.74. The summed E-state index contributed by atoms with van der Waals surface area (Å²) in [6.07, 6.45) is -3.80. The smallest absolute Gasteiger partial charge is 0.316 e. The SMILES string of the molecule is CNCc1ccnc(C(F)(F)F)c1F. The van der Waals surface area contributed by atoms with Crippen molar-refractivity contribution in [2.45, 2.75) is 12.7 Å². The van der Waals surface area contributed by atoms with Crippen molar-refractivity contribution in [3.05, 3.63) is 29.3 Å². The molecule has 0 aromatic carbocycles. The van der Waals surface area contributed by atoms with Crippen molar-refractivity contribution in [3.8, 4) is 0 Å². The predicted molar refractivity (Wildman–Crippen MR) is 42.0 cm³/mol. The third kappa shape index (κ3) is 2.20. The molecular formula is C8H8F4N2. The topological polar surface area (TPSA) is 24.9 Å². The molecule has 0 unspecified atom stereocenters. The van der Waals surface area contributed by atoms with Crippen molar-refractivity contribution in [2.24, 2.45) is 0 Å². The quantitative estimate of drug-likeness (QED) is 0.751. The lowest BCUT2D eigenvalue weighted by Crippen LogP contribution is -2.15.